The summed E-state index contributed by atoms with van der Waals surface area (Å²) in [5, 5.41) is 0. The Morgan fingerprint density at radius 1 is 1.33 bits per heavy atom. The molecule has 1 atom stereocenters. The van der Waals surface area contributed by atoms with Gasteiger partial charge >= 0.3 is 0 Å². The Balaban J connectivity index is 1.92. The van der Waals surface area contributed by atoms with Gasteiger partial charge in [0, 0.05) is 12.3 Å². The molecule has 0 aliphatic carbocycles. The Labute approximate surface area is 90.4 Å². The summed E-state index contributed by atoms with van der Waals surface area (Å²) in [6.45, 7) is 2.46. The van der Waals surface area contributed by atoms with Crippen LogP contribution >= 0.6 is 7.37 Å². The van der Waals surface area contributed by atoms with E-state index in [4.69, 9.17) is 4.52 Å². The van der Waals surface area contributed by atoms with E-state index in [1.165, 1.54) is 5.57 Å². The van der Waals surface area contributed by atoms with Crippen molar-refractivity contribution in [2.75, 3.05) is 12.3 Å². The van der Waals surface area contributed by atoms with E-state index in [1.54, 1.807) is 0 Å². The fraction of sp³-hybridized carbons (Fsp3) is 0.333. The Hall–Kier alpha value is -0.850. The van der Waals surface area contributed by atoms with E-state index in [2.05, 4.69) is 0 Å². The first-order valence-electron chi connectivity index (χ1n) is 5.10. The van der Waals surface area contributed by atoms with E-state index in [0.717, 1.165) is 5.56 Å². The van der Waals surface area contributed by atoms with Crippen molar-refractivity contribution in [2.24, 2.45) is 0 Å². The summed E-state index contributed by atoms with van der Waals surface area (Å²) >= 11 is 0. The maximum Gasteiger partial charge on any atom is 0.211 e. The van der Waals surface area contributed by atoms with Crippen LogP contribution in [0.25, 0.3) is 0 Å². The summed E-state index contributed by atoms with van der Waals surface area (Å²) in [5.74, 6) is 0. The lowest BCUT2D eigenvalue weighted by Crippen LogP contribution is -1.94. The van der Waals surface area contributed by atoms with Crippen LogP contribution in [0.15, 0.2) is 42.0 Å². The molecule has 1 aliphatic rings. The van der Waals surface area contributed by atoms with Crippen LogP contribution < -0.4 is 0 Å². The number of hydrogen-bond donors (Lipinski definition) is 0. The molecule has 2 nitrogen and oxygen atoms in total. The first-order chi connectivity index (χ1) is 7.18. The molecule has 1 aromatic rings. The molecule has 0 bridgehead atoms. The van der Waals surface area contributed by atoms with E-state index < -0.39 is 7.37 Å². The van der Waals surface area contributed by atoms with Crippen molar-refractivity contribution in [1.29, 1.82) is 0 Å². The summed E-state index contributed by atoms with van der Waals surface area (Å²) in [6, 6.07) is 9.87. The first-order valence-corrected chi connectivity index (χ1v) is 7.10. The lowest BCUT2D eigenvalue weighted by molar-refractivity contribution is 0.307. The fourth-order valence-electron chi connectivity index (χ4n) is 1.67. The van der Waals surface area contributed by atoms with Crippen LogP contribution in [0.5, 0.6) is 0 Å². The van der Waals surface area contributed by atoms with E-state index in [1.807, 2.05) is 43.3 Å². The maximum atomic E-state index is 12.1. The number of benzene rings is 1. The minimum atomic E-state index is -2.38. The highest BCUT2D eigenvalue weighted by Crippen LogP contribution is 2.52. The third-order valence-electron chi connectivity index (χ3n) is 2.52. The van der Waals surface area contributed by atoms with Gasteiger partial charge in [-0.3, -0.25) is 4.57 Å². The number of allylic oxidation sites excluding steroid dienone is 2. The van der Waals surface area contributed by atoms with Gasteiger partial charge in [-0.1, -0.05) is 42.0 Å². The molecule has 0 fully saturated rings. The van der Waals surface area contributed by atoms with Crippen molar-refractivity contribution < 1.29 is 9.09 Å². The lowest BCUT2D eigenvalue weighted by Gasteiger charge is -2.12. The molecule has 1 aliphatic heterocycles. The van der Waals surface area contributed by atoms with Gasteiger partial charge in [0.1, 0.15) is 0 Å². The van der Waals surface area contributed by atoms with Gasteiger partial charge in [-0.15, -0.1) is 0 Å². The molecular formula is C12H15O2P. The van der Waals surface area contributed by atoms with Gasteiger partial charge in [0.05, 0.1) is 6.61 Å². The van der Waals surface area contributed by atoms with E-state index in [-0.39, 0.29) is 0 Å². The lowest BCUT2D eigenvalue weighted by atomic mass is 10.2. The van der Waals surface area contributed by atoms with Gasteiger partial charge in [0.15, 0.2) is 0 Å². The fourth-order valence-corrected chi connectivity index (χ4v) is 3.86. The van der Waals surface area contributed by atoms with Gasteiger partial charge in [0.2, 0.25) is 7.37 Å². The molecule has 2 rings (SSSR count). The summed E-state index contributed by atoms with van der Waals surface area (Å²) in [7, 11) is -2.38. The zero-order chi connectivity index (χ0) is 10.7. The monoisotopic (exact) mass is 222 g/mol. The van der Waals surface area contributed by atoms with E-state index in [0.29, 0.717) is 18.9 Å². The Kier molecular flexibility index (Phi) is 3.08. The second-order valence-electron chi connectivity index (χ2n) is 3.96. The van der Waals surface area contributed by atoms with Crippen molar-refractivity contribution in [3.63, 3.8) is 0 Å². The highest BCUT2D eigenvalue weighted by molar-refractivity contribution is 7.59. The van der Waals surface area contributed by atoms with Gasteiger partial charge in [-0.2, -0.15) is 0 Å². The molecule has 0 unspecified atom stereocenters. The Morgan fingerprint density at radius 2 is 2.07 bits per heavy atom. The Morgan fingerprint density at radius 3 is 2.67 bits per heavy atom. The van der Waals surface area contributed by atoms with Gasteiger partial charge in [0.25, 0.3) is 0 Å². The van der Waals surface area contributed by atoms with Crippen molar-refractivity contribution in [3.05, 3.63) is 47.5 Å². The van der Waals surface area contributed by atoms with Crippen LogP contribution in [-0.2, 0) is 15.7 Å². The normalized spacial score (nSPS) is 25.3. The minimum absolute atomic E-state index is 0.458. The van der Waals surface area contributed by atoms with Crippen molar-refractivity contribution in [3.8, 4) is 0 Å². The highest BCUT2D eigenvalue weighted by atomic mass is 31.2. The van der Waals surface area contributed by atoms with E-state index >= 15 is 0 Å². The molecule has 0 saturated carbocycles. The zero-order valence-corrected chi connectivity index (χ0v) is 9.74. The van der Waals surface area contributed by atoms with Gasteiger partial charge < -0.3 is 4.52 Å². The molecule has 1 heterocycles. The third kappa shape index (κ3) is 2.80. The summed E-state index contributed by atoms with van der Waals surface area (Å²) in [4.78, 5) is 0. The van der Waals surface area contributed by atoms with Crippen LogP contribution in [0.2, 0.25) is 0 Å². The topological polar surface area (TPSA) is 26.3 Å². The first kappa shape index (κ1) is 10.7. The second kappa shape index (κ2) is 4.34. The van der Waals surface area contributed by atoms with Crippen LogP contribution in [0, 0.1) is 0 Å². The number of rotatable bonds is 3. The molecule has 3 heteroatoms. The third-order valence-corrected chi connectivity index (χ3v) is 4.84. The van der Waals surface area contributed by atoms with Gasteiger partial charge in [-0.05, 0) is 12.5 Å². The Bertz CT molecular complexity index is 409. The molecule has 1 aromatic carbocycles. The van der Waals surface area contributed by atoms with Crippen LogP contribution in [0.3, 0.4) is 0 Å². The molecule has 0 aromatic heterocycles. The van der Waals surface area contributed by atoms with Gasteiger partial charge in [-0.25, -0.2) is 0 Å². The summed E-state index contributed by atoms with van der Waals surface area (Å²) in [5.41, 5.74) is 2.27. The smallest absolute Gasteiger partial charge is 0.211 e. The second-order valence-corrected chi connectivity index (χ2v) is 6.53. The van der Waals surface area contributed by atoms with Crippen LogP contribution in [0.4, 0.5) is 0 Å². The highest BCUT2D eigenvalue weighted by Gasteiger charge is 2.27. The molecule has 0 radical (unpaired) electrons. The SMILES string of the molecule is CC1=CC[P@](=O)(OCc2ccccc2)C1. The van der Waals surface area contributed by atoms with E-state index in [9.17, 15) is 4.57 Å². The molecule has 80 valence electrons. The maximum absolute atomic E-state index is 12.1. The predicted octanol–water partition coefficient (Wildman–Crippen LogP) is 3.44. The summed E-state index contributed by atoms with van der Waals surface area (Å²) < 4.78 is 17.7. The van der Waals surface area contributed by atoms with Crippen molar-refractivity contribution in [2.45, 2.75) is 13.5 Å². The van der Waals surface area contributed by atoms with Crippen LogP contribution in [0.1, 0.15) is 12.5 Å². The van der Waals surface area contributed by atoms with Crippen molar-refractivity contribution in [1.82, 2.24) is 0 Å². The molecular weight excluding hydrogens is 207 g/mol. The molecule has 0 amide bonds. The predicted molar refractivity (Wildman–Crippen MR) is 62.3 cm³/mol. The average Bonchev–Trinajstić information content (AvgIpc) is 2.58. The zero-order valence-electron chi connectivity index (χ0n) is 8.85. The van der Waals surface area contributed by atoms with Crippen molar-refractivity contribution >= 4 is 7.37 Å². The molecule has 0 saturated heterocycles. The average molecular weight is 222 g/mol. The molecule has 15 heavy (non-hydrogen) atoms. The number of hydrogen-bond acceptors (Lipinski definition) is 2. The standard InChI is InChI=1S/C12H15O2P/c1-11-7-8-15(13,10-11)14-9-12-5-3-2-4-6-12/h2-7H,8-10H2,1H3/t15-/m0/s1. The minimum Gasteiger partial charge on any atom is -0.323 e. The summed E-state index contributed by atoms with van der Waals surface area (Å²) in [6.07, 6.45) is 3.25. The quantitative estimate of drug-likeness (QED) is 0.578. The van der Waals surface area contributed by atoms with Crippen LogP contribution in [-0.4, -0.2) is 12.3 Å². The molecule has 0 N–H and O–H groups in total. The largest absolute Gasteiger partial charge is 0.323 e. The molecule has 0 spiro atoms.